The average molecular weight is 281 g/mol. The topological polar surface area (TPSA) is 84.2 Å². The Balaban J connectivity index is 2.90. The van der Waals surface area contributed by atoms with Crippen LogP contribution in [0.3, 0.4) is 0 Å². The number of amides is 1. The number of hydrogen-bond donors (Lipinski definition) is 2. The zero-order valence-electron chi connectivity index (χ0n) is 12.7. The quantitative estimate of drug-likeness (QED) is 0.864. The Morgan fingerprint density at radius 2 is 1.95 bits per heavy atom. The number of aliphatic carboxylic acids is 1. The van der Waals surface area contributed by atoms with Gasteiger partial charge >= 0.3 is 5.97 Å². The molecule has 0 aliphatic rings. The number of rotatable bonds is 5. The van der Waals surface area contributed by atoms with E-state index in [0.717, 1.165) is 0 Å². The lowest BCUT2D eigenvalue weighted by molar-refractivity contribution is -0.144. The van der Waals surface area contributed by atoms with Crippen LogP contribution in [0.5, 0.6) is 0 Å². The van der Waals surface area contributed by atoms with Crippen molar-refractivity contribution in [3.05, 3.63) is 18.0 Å². The molecule has 0 aliphatic heterocycles. The lowest BCUT2D eigenvalue weighted by Crippen LogP contribution is -2.52. The van der Waals surface area contributed by atoms with E-state index in [1.807, 2.05) is 27.7 Å². The molecule has 0 aliphatic carbocycles. The Morgan fingerprint density at radius 3 is 2.35 bits per heavy atom. The monoisotopic (exact) mass is 281 g/mol. The molecule has 1 amide bonds. The summed E-state index contributed by atoms with van der Waals surface area (Å²) in [5, 5.41) is 16.0. The number of nitrogens with zero attached hydrogens (tertiary/aromatic N) is 2. The van der Waals surface area contributed by atoms with Gasteiger partial charge in [-0.2, -0.15) is 5.10 Å². The summed E-state index contributed by atoms with van der Waals surface area (Å²) in [7, 11) is 0. The summed E-state index contributed by atoms with van der Waals surface area (Å²) in [4.78, 5) is 23.5. The molecule has 0 saturated heterocycles. The summed E-state index contributed by atoms with van der Waals surface area (Å²) in [6.45, 7) is 9.32. The molecule has 0 aromatic carbocycles. The van der Waals surface area contributed by atoms with E-state index < -0.39 is 17.4 Å². The van der Waals surface area contributed by atoms with Gasteiger partial charge in [0, 0.05) is 6.20 Å². The van der Waals surface area contributed by atoms with E-state index in [-0.39, 0.29) is 5.54 Å². The maximum Gasteiger partial charge on any atom is 0.329 e. The molecule has 20 heavy (non-hydrogen) atoms. The molecule has 1 heterocycles. The maximum atomic E-state index is 12.2. The first-order valence-electron chi connectivity index (χ1n) is 6.71. The summed E-state index contributed by atoms with van der Waals surface area (Å²) in [6, 6.07) is 0. The minimum Gasteiger partial charge on any atom is -0.480 e. The van der Waals surface area contributed by atoms with Crippen LogP contribution in [-0.2, 0) is 10.3 Å². The van der Waals surface area contributed by atoms with Gasteiger partial charge in [0.25, 0.3) is 5.91 Å². The molecule has 2 N–H and O–H groups in total. The van der Waals surface area contributed by atoms with Crippen LogP contribution >= 0.6 is 0 Å². The Bertz CT molecular complexity index is 502. The summed E-state index contributed by atoms with van der Waals surface area (Å²) in [5.41, 5.74) is -1.11. The molecular weight excluding hydrogens is 258 g/mol. The van der Waals surface area contributed by atoms with E-state index in [9.17, 15) is 14.7 Å². The summed E-state index contributed by atoms with van der Waals surface area (Å²) >= 11 is 0. The normalized spacial score (nSPS) is 14.7. The van der Waals surface area contributed by atoms with Gasteiger partial charge in [0.2, 0.25) is 0 Å². The first-order chi connectivity index (χ1) is 9.10. The van der Waals surface area contributed by atoms with Gasteiger partial charge in [-0.05, 0) is 34.1 Å². The summed E-state index contributed by atoms with van der Waals surface area (Å²) in [5.74, 6) is -1.45. The van der Waals surface area contributed by atoms with Gasteiger partial charge in [0.15, 0.2) is 0 Å². The van der Waals surface area contributed by atoms with Crippen molar-refractivity contribution in [2.75, 3.05) is 0 Å². The van der Waals surface area contributed by atoms with Crippen molar-refractivity contribution in [1.29, 1.82) is 0 Å². The number of aromatic nitrogens is 2. The van der Waals surface area contributed by atoms with Gasteiger partial charge in [-0.15, -0.1) is 0 Å². The highest BCUT2D eigenvalue weighted by Crippen LogP contribution is 2.16. The Morgan fingerprint density at radius 1 is 1.35 bits per heavy atom. The van der Waals surface area contributed by atoms with E-state index in [0.29, 0.717) is 18.4 Å². The maximum absolute atomic E-state index is 12.2. The molecule has 0 spiro atoms. The van der Waals surface area contributed by atoms with Crippen LogP contribution in [0.2, 0.25) is 0 Å². The first kappa shape index (κ1) is 16.2. The van der Waals surface area contributed by atoms with Crippen molar-refractivity contribution >= 4 is 11.9 Å². The third-order valence-corrected chi connectivity index (χ3v) is 3.14. The van der Waals surface area contributed by atoms with Crippen molar-refractivity contribution in [3.8, 4) is 0 Å². The number of nitrogens with one attached hydrogen (secondary N) is 1. The van der Waals surface area contributed by atoms with E-state index in [1.165, 1.54) is 13.1 Å². The van der Waals surface area contributed by atoms with Crippen LogP contribution in [0.4, 0.5) is 0 Å². The van der Waals surface area contributed by atoms with Crippen molar-refractivity contribution in [1.82, 2.24) is 15.1 Å². The van der Waals surface area contributed by atoms with Gasteiger partial charge in [-0.25, -0.2) is 4.79 Å². The molecule has 0 fully saturated rings. The smallest absolute Gasteiger partial charge is 0.329 e. The fourth-order valence-electron chi connectivity index (χ4n) is 1.85. The standard InChI is InChI=1S/C14H23N3O3/c1-6-7-14(5,12(19)20)16-11(18)10-8-15-17(9-10)13(2,3)4/h8-9H,6-7H2,1-5H3,(H,16,18)(H,19,20). The average Bonchev–Trinajstić information content (AvgIpc) is 2.77. The second-order valence-corrected chi connectivity index (χ2v) is 6.19. The number of carbonyl (C=O) groups is 2. The van der Waals surface area contributed by atoms with E-state index in [1.54, 1.807) is 10.9 Å². The summed E-state index contributed by atoms with van der Waals surface area (Å²) < 4.78 is 1.68. The Labute approximate surface area is 119 Å². The molecule has 0 saturated carbocycles. The van der Waals surface area contributed by atoms with Crippen molar-refractivity contribution in [3.63, 3.8) is 0 Å². The molecule has 6 heteroatoms. The molecule has 1 aromatic heterocycles. The zero-order valence-corrected chi connectivity index (χ0v) is 12.7. The largest absolute Gasteiger partial charge is 0.480 e. The molecule has 0 radical (unpaired) electrons. The Kier molecular flexibility index (Phi) is 4.57. The highest BCUT2D eigenvalue weighted by molar-refractivity contribution is 5.97. The number of carbonyl (C=O) groups excluding carboxylic acids is 1. The van der Waals surface area contributed by atoms with Gasteiger partial charge in [-0.1, -0.05) is 13.3 Å². The van der Waals surface area contributed by atoms with Gasteiger partial charge in [-0.3, -0.25) is 9.48 Å². The second-order valence-electron chi connectivity index (χ2n) is 6.19. The number of carboxylic acids is 1. The fourth-order valence-corrected chi connectivity index (χ4v) is 1.85. The molecular formula is C14H23N3O3. The number of hydrogen-bond acceptors (Lipinski definition) is 3. The van der Waals surface area contributed by atoms with Crippen LogP contribution in [0.25, 0.3) is 0 Å². The molecule has 1 rings (SSSR count). The molecule has 1 unspecified atom stereocenters. The predicted molar refractivity (Wildman–Crippen MR) is 75.6 cm³/mol. The van der Waals surface area contributed by atoms with E-state index >= 15 is 0 Å². The van der Waals surface area contributed by atoms with Crippen LogP contribution in [0.15, 0.2) is 12.4 Å². The molecule has 112 valence electrons. The van der Waals surface area contributed by atoms with Crippen LogP contribution in [-0.4, -0.2) is 32.3 Å². The molecule has 1 atom stereocenters. The van der Waals surface area contributed by atoms with Gasteiger partial charge in [0.1, 0.15) is 5.54 Å². The lowest BCUT2D eigenvalue weighted by Gasteiger charge is -2.25. The number of carboxylic acid groups (broad SMARTS) is 1. The van der Waals surface area contributed by atoms with Gasteiger partial charge < -0.3 is 10.4 Å². The van der Waals surface area contributed by atoms with E-state index in [2.05, 4.69) is 10.4 Å². The van der Waals surface area contributed by atoms with Crippen molar-refractivity contribution < 1.29 is 14.7 Å². The molecule has 1 aromatic rings. The summed E-state index contributed by atoms with van der Waals surface area (Å²) in [6.07, 6.45) is 4.13. The fraction of sp³-hybridized carbons (Fsp3) is 0.643. The Hall–Kier alpha value is -1.85. The van der Waals surface area contributed by atoms with Crippen molar-refractivity contribution in [2.24, 2.45) is 0 Å². The third kappa shape index (κ3) is 3.59. The zero-order chi connectivity index (χ0) is 15.6. The second kappa shape index (κ2) is 5.64. The van der Waals surface area contributed by atoms with Crippen LogP contribution in [0, 0.1) is 0 Å². The van der Waals surface area contributed by atoms with Crippen LogP contribution in [0.1, 0.15) is 57.8 Å². The third-order valence-electron chi connectivity index (χ3n) is 3.14. The van der Waals surface area contributed by atoms with Gasteiger partial charge in [0.05, 0.1) is 17.3 Å². The van der Waals surface area contributed by atoms with E-state index in [4.69, 9.17) is 0 Å². The highest BCUT2D eigenvalue weighted by atomic mass is 16.4. The van der Waals surface area contributed by atoms with Crippen molar-refractivity contribution in [2.45, 2.75) is 58.5 Å². The molecule has 0 bridgehead atoms. The highest BCUT2D eigenvalue weighted by Gasteiger charge is 2.34. The lowest BCUT2D eigenvalue weighted by atomic mass is 9.96. The SMILES string of the molecule is CCCC(C)(NC(=O)c1cnn(C(C)(C)C)c1)C(=O)O. The molecule has 6 nitrogen and oxygen atoms in total. The minimum atomic E-state index is -1.25. The minimum absolute atomic E-state index is 0.224. The first-order valence-corrected chi connectivity index (χ1v) is 6.71. The van der Waals surface area contributed by atoms with Crippen LogP contribution < -0.4 is 5.32 Å². The predicted octanol–water partition coefficient (Wildman–Crippen LogP) is 2.01.